The molecule has 3 atom stereocenters. The van der Waals surface area contributed by atoms with Gasteiger partial charge in [-0.1, -0.05) is 0 Å². The van der Waals surface area contributed by atoms with E-state index in [4.69, 9.17) is 9.84 Å². The molecule has 116 valence electrons. The van der Waals surface area contributed by atoms with E-state index in [1.165, 1.54) is 0 Å². The van der Waals surface area contributed by atoms with Crippen molar-refractivity contribution < 1.29 is 19.4 Å². The van der Waals surface area contributed by atoms with Crippen molar-refractivity contribution >= 4 is 12.0 Å². The van der Waals surface area contributed by atoms with E-state index >= 15 is 0 Å². The zero-order valence-corrected chi connectivity index (χ0v) is 12.6. The summed E-state index contributed by atoms with van der Waals surface area (Å²) in [4.78, 5) is 27.0. The third-order valence-corrected chi connectivity index (χ3v) is 3.47. The lowest BCUT2D eigenvalue weighted by atomic mass is 10.0. The fraction of sp³-hybridized carbons (Fsp3) is 0.846. The number of carbonyl (C=O) groups is 2. The molecule has 0 aromatic carbocycles. The Morgan fingerprint density at radius 2 is 2.05 bits per heavy atom. The highest BCUT2D eigenvalue weighted by Crippen LogP contribution is 2.14. The molecule has 20 heavy (non-hydrogen) atoms. The molecule has 1 heterocycles. The number of carboxylic acids is 1. The maximum Gasteiger partial charge on any atom is 0.317 e. The highest BCUT2D eigenvalue weighted by molar-refractivity contribution is 5.77. The van der Waals surface area contributed by atoms with Gasteiger partial charge in [-0.05, 0) is 27.9 Å². The molecule has 1 saturated heterocycles. The molecule has 0 spiro atoms. The summed E-state index contributed by atoms with van der Waals surface area (Å²) in [5.41, 5.74) is 0. The lowest BCUT2D eigenvalue weighted by Crippen LogP contribution is -2.53. The average molecular weight is 287 g/mol. The lowest BCUT2D eigenvalue weighted by Gasteiger charge is -2.31. The molecule has 0 aliphatic carbocycles. The topological polar surface area (TPSA) is 82.1 Å². The van der Waals surface area contributed by atoms with Gasteiger partial charge in [0, 0.05) is 19.1 Å². The van der Waals surface area contributed by atoms with Crippen molar-refractivity contribution in [3.63, 3.8) is 0 Å². The second-order valence-electron chi connectivity index (χ2n) is 5.44. The zero-order valence-electron chi connectivity index (χ0n) is 12.6. The molecule has 1 fully saturated rings. The van der Waals surface area contributed by atoms with Crippen molar-refractivity contribution in [2.45, 2.75) is 25.9 Å². The van der Waals surface area contributed by atoms with Gasteiger partial charge < -0.3 is 25.0 Å². The molecule has 7 heteroatoms. The van der Waals surface area contributed by atoms with Gasteiger partial charge in [0.05, 0.1) is 19.3 Å². The van der Waals surface area contributed by atoms with Gasteiger partial charge in [-0.25, -0.2) is 4.79 Å². The minimum absolute atomic E-state index is 0.0561. The molecule has 7 nitrogen and oxygen atoms in total. The first kappa shape index (κ1) is 16.7. The van der Waals surface area contributed by atoms with E-state index in [9.17, 15) is 9.59 Å². The second-order valence-corrected chi connectivity index (χ2v) is 5.44. The van der Waals surface area contributed by atoms with Crippen LogP contribution in [0.15, 0.2) is 0 Å². The average Bonchev–Trinajstić information content (AvgIpc) is 2.76. The van der Waals surface area contributed by atoms with Crippen molar-refractivity contribution in [1.82, 2.24) is 15.1 Å². The number of nitrogens with zero attached hydrogens (tertiary/aromatic N) is 2. The van der Waals surface area contributed by atoms with Crippen LogP contribution in [0.1, 0.15) is 13.8 Å². The third kappa shape index (κ3) is 4.35. The molecule has 1 aliphatic heterocycles. The Kier molecular flexibility index (Phi) is 6.22. The maximum absolute atomic E-state index is 12.3. The van der Waals surface area contributed by atoms with Gasteiger partial charge in [-0.15, -0.1) is 0 Å². The summed E-state index contributed by atoms with van der Waals surface area (Å²) in [5.74, 6) is -1.60. The van der Waals surface area contributed by atoms with E-state index in [0.29, 0.717) is 6.54 Å². The number of amides is 2. The van der Waals surface area contributed by atoms with Gasteiger partial charge in [0.2, 0.25) is 0 Å². The van der Waals surface area contributed by atoms with E-state index in [-0.39, 0.29) is 25.3 Å². The summed E-state index contributed by atoms with van der Waals surface area (Å²) in [6, 6.07) is -0.634. The first-order chi connectivity index (χ1) is 9.36. The van der Waals surface area contributed by atoms with Crippen molar-refractivity contribution in [2.75, 3.05) is 40.4 Å². The smallest absolute Gasteiger partial charge is 0.317 e. The molecule has 2 amide bonds. The molecule has 2 N–H and O–H groups in total. The van der Waals surface area contributed by atoms with Gasteiger partial charge in [0.15, 0.2) is 0 Å². The molecule has 0 bridgehead atoms. The molecule has 3 unspecified atom stereocenters. The molecular weight excluding hydrogens is 262 g/mol. The Balaban J connectivity index is 2.61. The number of rotatable bonds is 6. The van der Waals surface area contributed by atoms with E-state index < -0.39 is 17.9 Å². The largest absolute Gasteiger partial charge is 0.481 e. The normalized spacial score (nSPS) is 23.6. The fourth-order valence-electron chi connectivity index (χ4n) is 2.46. The highest BCUT2D eigenvalue weighted by Gasteiger charge is 2.36. The summed E-state index contributed by atoms with van der Waals surface area (Å²) in [6.45, 7) is 5.62. The van der Waals surface area contributed by atoms with Crippen molar-refractivity contribution in [3.8, 4) is 0 Å². The summed E-state index contributed by atoms with van der Waals surface area (Å²) >= 11 is 0. The molecule has 0 radical (unpaired) electrons. The number of nitrogens with one attached hydrogen (secondary N) is 1. The zero-order chi connectivity index (χ0) is 15.3. The van der Waals surface area contributed by atoms with Crippen LogP contribution < -0.4 is 5.32 Å². The number of aliphatic carboxylic acids is 1. The van der Waals surface area contributed by atoms with Crippen LogP contribution in [-0.2, 0) is 9.53 Å². The second kappa shape index (κ2) is 7.44. The standard InChI is InChI=1S/C13H25N3O4/c1-5-16(9(2)6-15(3)4)13(19)14-11-8-20-7-10(11)12(17)18/h9-11H,5-8H2,1-4H3,(H,14,19)(H,17,18). The van der Waals surface area contributed by atoms with Crippen LogP contribution in [0.3, 0.4) is 0 Å². The van der Waals surface area contributed by atoms with Gasteiger partial charge in [0.1, 0.15) is 5.92 Å². The van der Waals surface area contributed by atoms with Gasteiger partial charge in [0.25, 0.3) is 0 Å². The number of ether oxygens (including phenoxy) is 1. The molecule has 0 aromatic rings. The predicted octanol–water partition coefficient (Wildman–Crippen LogP) is 0.0676. The monoisotopic (exact) mass is 287 g/mol. The first-order valence-electron chi connectivity index (χ1n) is 6.89. The molecular formula is C13H25N3O4. The predicted molar refractivity (Wildman–Crippen MR) is 74.7 cm³/mol. The van der Waals surface area contributed by atoms with Crippen molar-refractivity contribution in [2.24, 2.45) is 5.92 Å². The fourth-order valence-corrected chi connectivity index (χ4v) is 2.46. The quantitative estimate of drug-likeness (QED) is 0.722. The van der Waals surface area contributed by atoms with Crippen LogP contribution in [-0.4, -0.2) is 79.4 Å². The van der Waals surface area contributed by atoms with Crippen molar-refractivity contribution in [1.29, 1.82) is 0 Å². The van der Waals surface area contributed by atoms with Crippen LogP contribution in [0.2, 0.25) is 0 Å². The first-order valence-corrected chi connectivity index (χ1v) is 6.89. The summed E-state index contributed by atoms with van der Waals surface area (Å²) in [7, 11) is 3.90. The Morgan fingerprint density at radius 3 is 2.55 bits per heavy atom. The van der Waals surface area contributed by atoms with Crippen LogP contribution >= 0.6 is 0 Å². The van der Waals surface area contributed by atoms with Gasteiger partial charge in [-0.3, -0.25) is 4.79 Å². The minimum atomic E-state index is -0.933. The van der Waals surface area contributed by atoms with Gasteiger partial charge in [-0.2, -0.15) is 0 Å². The van der Waals surface area contributed by atoms with Crippen LogP contribution in [0.4, 0.5) is 4.79 Å². The molecule has 0 saturated carbocycles. The van der Waals surface area contributed by atoms with E-state index in [1.54, 1.807) is 4.90 Å². The Hall–Kier alpha value is -1.34. The third-order valence-electron chi connectivity index (χ3n) is 3.47. The number of urea groups is 1. The van der Waals surface area contributed by atoms with Crippen LogP contribution in [0.5, 0.6) is 0 Å². The Bertz CT molecular complexity index is 349. The molecule has 1 rings (SSSR count). The number of hydrogen-bond acceptors (Lipinski definition) is 4. The molecule has 0 aromatic heterocycles. The van der Waals surface area contributed by atoms with Crippen LogP contribution in [0, 0.1) is 5.92 Å². The number of carboxylic acid groups (broad SMARTS) is 1. The van der Waals surface area contributed by atoms with Gasteiger partial charge >= 0.3 is 12.0 Å². The number of likely N-dealkylation sites (N-methyl/N-ethyl adjacent to an activating group) is 2. The maximum atomic E-state index is 12.3. The van der Waals surface area contributed by atoms with E-state index in [1.807, 2.05) is 32.8 Å². The van der Waals surface area contributed by atoms with Crippen LogP contribution in [0.25, 0.3) is 0 Å². The van der Waals surface area contributed by atoms with Crippen molar-refractivity contribution in [3.05, 3.63) is 0 Å². The van der Waals surface area contributed by atoms with E-state index in [2.05, 4.69) is 5.32 Å². The highest BCUT2D eigenvalue weighted by atomic mass is 16.5. The summed E-state index contributed by atoms with van der Waals surface area (Å²) in [6.07, 6.45) is 0. The summed E-state index contributed by atoms with van der Waals surface area (Å²) < 4.78 is 5.15. The minimum Gasteiger partial charge on any atom is -0.481 e. The Morgan fingerprint density at radius 1 is 1.40 bits per heavy atom. The number of hydrogen-bond donors (Lipinski definition) is 2. The summed E-state index contributed by atoms with van der Waals surface area (Å²) in [5, 5.41) is 11.8. The SMILES string of the molecule is CCN(C(=O)NC1COCC1C(=O)O)C(C)CN(C)C. The number of carbonyl (C=O) groups excluding carboxylic acids is 1. The molecule has 1 aliphatic rings. The Labute approximate surface area is 119 Å². The lowest BCUT2D eigenvalue weighted by molar-refractivity contribution is -0.142. The van der Waals surface area contributed by atoms with E-state index in [0.717, 1.165) is 6.54 Å².